The fourth-order valence-corrected chi connectivity index (χ4v) is 13.1. The Bertz CT molecular complexity index is 1460. The minimum Gasteiger partial charge on any atom is -0.466 e. The molecule has 3 N–H and O–H groups in total. The van der Waals surface area contributed by atoms with Gasteiger partial charge in [-0.2, -0.15) is 0 Å². The van der Waals surface area contributed by atoms with Crippen LogP contribution in [0.25, 0.3) is 0 Å². The van der Waals surface area contributed by atoms with Gasteiger partial charge in [-0.15, -0.1) is 0 Å². The van der Waals surface area contributed by atoms with Crippen LogP contribution in [0.5, 0.6) is 0 Å². The van der Waals surface area contributed by atoms with E-state index in [2.05, 4.69) is 55.6 Å². The number of carbonyl (C=O) groups is 2. The topological polar surface area (TPSA) is 95.9 Å². The van der Waals surface area contributed by atoms with Gasteiger partial charge in [0.2, 0.25) is 5.91 Å². The first-order valence-electron chi connectivity index (χ1n) is 41.2. The third-order valence-electron chi connectivity index (χ3n) is 19.4. The van der Waals surface area contributed by atoms with Gasteiger partial charge in [-0.3, -0.25) is 9.59 Å². The molecule has 0 saturated carbocycles. The Balaban J connectivity index is 3.35. The second-order valence-electron chi connectivity index (χ2n) is 28.5. The van der Waals surface area contributed by atoms with Crippen molar-refractivity contribution in [3.63, 3.8) is 0 Å². The van der Waals surface area contributed by atoms with E-state index in [0.717, 1.165) is 51.4 Å². The molecular formula is C84H161NO5. The Kier molecular flexibility index (Phi) is 77.8. The first-order valence-corrected chi connectivity index (χ1v) is 41.2. The zero-order chi connectivity index (χ0) is 64.9. The van der Waals surface area contributed by atoms with Gasteiger partial charge in [0.15, 0.2) is 0 Å². The molecule has 6 heteroatoms. The fourth-order valence-electron chi connectivity index (χ4n) is 13.1. The Morgan fingerprint density at radius 1 is 0.311 bits per heavy atom. The van der Waals surface area contributed by atoms with Crippen LogP contribution in [0.4, 0.5) is 0 Å². The van der Waals surface area contributed by atoms with Gasteiger partial charge in [0, 0.05) is 12.8 Å². The first-order chi connectivity index (χ1) is 44.5. The summed E-state index contributed by atoms with van der Waals surface area (Å²) in [6.07, 6.45) is 104. The molecule has 0 bridgehead atoms. The number of hydrogen-bond donors (Lipinski definition) is 3. The largest absolute Gasteiger partial charge is 0.466 e. The summed E-state index contributed by atoms with van der Waals surface area (Å²) in [5.41, 5.74) is 0. The number of hydrogen-bond acceptors (Lipinski definition) is 5. The molecule has 1 amide bonds. The van der Waals surface area contributed by atoms with E-state index in [1.807, 2.05) is 0 Å². The number of amides is 1. The second-order valence-corrected chi connectivity index (χ2v) is 28.5. The molecule has 0 saturated heterocycles. The van der Waals surface area contributed by atoms with Gasteiger partial charge in [-0.1, -0.05) is 403 Å². The Morgan fingerprint density at radius 3 is 0.878 bits per heavy atom. The van der Waals surface area contributed by atoms with Crippen molar-refractivity contribution in [3.8, 4) is 0 Å². The van der Waals surface area contributed by atoms with Gasteiger partial charge in [0.05, 0.1) is 25.4 Å². The van der Waals surface area contributed by atoms with Crippen LogP contribution < -0.4 is 5.32 Å². The summed E-state index contributed by atoms with van der Waals surface area (Å²) in [4.78, 5) is 24.7. The monoisotopic (exact) mass is 1260 g/mol. The number of nitrogens with one attached hydrogen (secondary N) is 1. The number of aliphatic hydroxyl groups excluding tert-OH is 2. The van der Waals surface area contributed by atoms with Gasteiger partial charge in [-0.25, -0.2) is 0 Å². The van der Waals surface area contributed by atoms with Gasteiger partial charge >= 0.3 is 5.97 Å². The molecule has 6 nitrogen and oxygen atoms in total. The maximum absolute atomic E-state index is 12.6. The predicted octanol–water partition coefficient (Wildman–Crippen LogP) is 27.4. The Morgan fingerprint density at radius 2 is 0.556 bits per heavy atom. The summed E-state index contributed by atoms with van der Waals surface area (Å²) >= 11 is 0. The number of carbonyl (C=O) groups excluding carboxylic acids is 2. The van der Waals surface area contributed by atoms with E-state index in [4.69, 9.17) is 4.74 Å². The number of ether oxygens (including phenoxy) is 1. The molecule has 0 aliphatic carbocycles. The van der Waals surface area contributed by atoms with Crippen LogP contribution in [0.1, 0.15) is 463 Å². The molecule has 0 spiro atoms. The minimum atomic E-state index is -0.664. The lowest BCUT2D eigenvalue weighted by Crippen LogP contribution is -2.45. The zero-order valence-electron chi connectivity index (χ0n) is 61.1. The summed E-state index contributed by atoms with van der Waals surface area (Å²) in [6.45, 7) is 4.98. The van der Waals surface area contributed by atoms with Crippen molar-refractivity contribution < 1.29 is 24.5 Å². The third-order valence-corrected chi connectivity index (χ3v) is 19.4. The molecule has 0 fully saturated rings. The molecule has 0 rings (SSSR count). The van der Waals surface area contributed by atoms with Crippen LogP contribution in [0, 0.1) is 0 Å². The van der Waals surface area contributed by atoms with E-state index in [-0.39, 0.29) is 18.5 Å². The van der Waals surface area contributed by atoms with Gasteiger partial charge in [-0.05, 0) is 83.5 Å². The smallest absolute Gasteiger partial charge is 0.305 e. The van der Waals surface area contributed by atoms with Crippen molar-refractivity contribution >= 4 is 11.9 Å². The normalized spacial score (nSPS) is 12.6. The highest BCUT2D eigenvalue weighted by molar-refractivity contribution is 5.76. The average molecular weight is 1270 g/mol. The van der Waals surface area contributed by atoms with Crippen LogP contribution in [0.3, 0.4) is 0 Å². The molecule has 532 valence electrons. The highest BCUT2D eigenvalue weighted by atomic mass is 16.5. The van der Waals surface area contributed by atoms with Crippen LogP contribution in [0.2, 0.25) is 0 Å². The highest BCUT2D eigenvalue weighted by Gasteiger charge is 2.20. The maximum atomic E-state index is 12.6. The number of allylic oxidation sites excluding steroid dienone is 6. The van der Waals surface area contributed by atoms with Crippen LogP contribution >= 0.6 is 0 Å². The number of esters is 1. The van der Waals surface area contributed by atoms with E-state index in [1.54, 1.807) is 0 Å². The predicted molar refractivity (Wildman–Crippen MR) is 398 cm³/mol. The molecule has 0 aliphatic rings. The number of rotatable bonds is 78. The van der Waals surface area contributed by atoms with Crippen LogP contribution in [-0.4, -0.2) is 47.4 Å². The summed E-state index contributed by atoms with van der Waals surface area (Å²) in [5.74, 6) is -0.0146. The van der Waals surface area contributed by atoms with Crippen LogP contribution in [0.15, 0.2) is 36.5 Å². The molecule has 0 aliphatic heterocycles. The van der Waals surface area contributed by atoms with E-state index < -0.39 is 12.1 Å². The molecule has 90 heavy (non-hydrogen) atoms. The van der Waals surface area contributed by atoms with Crippen molar-refractivity contribution in [3.05, 3.63) is 36.5 Å². The molecule has 0 radical (unpaired) electrons. The summed E-state index contributed by atoms with van der Waals surface area (Å²) in [5, 5.41) is 23.5. The average Bonchev–Trinajstić information content (AvgIpc) is 3.68. The third kappa shape index (κ3) is 75.1. The molecular weight excluding hydrogens is 1100 g/mol. The Labute approximate surface area is 564 Å². The van der Waals surface area contributed by atoms with E-state index in [0.29, 0.717) is 25.9 Å². The van der Waals surface area contributed by atoms with Crippen molar-refractivity contribution in [1.29, 1.82) is 0 Å². The van der Waals surface area contributed by atoms with Gasteiger partial charge < -0.3 is 20.3 Å². The number of aliphatic hydroxyl groups is 2. The number of unbranched alkanes of at least 4 members (excludes halogenated alkanes) is 61. The molecule has 0 aromatic heterocycles. The van der Waals surface area contributed by atoms with Crippen LogP contribution in [-0.2, 0) is 14.3 Å². The van der Waals surface area contributed by atoms with Crippen molar-refractivity contribution in [2.75, 3.05) is 13.2 Å². The van der Waals surface area contributed by atoms with Crippen molar-refractivity contribution in [2.45, 2.75) is 475 Å². The van der Waals surface area contributed by atoms with Gasteiger partial charge in [0.25, 0.3) is 0 Å². The van der Waals surface area contributed by atoms with Crippen molar-refractivity contribution in [2.24, 2.45) is 0 Å². The van der Waals surface area contributed by atoms with Gasteiger partial charge in [0.1, 0.15) is 0 Å². The SMILES string of the molecule is CCCCC/C=C\C/C=C\CCCCCCCCCC(=O)OCCCCCCCCCCCCCC/C=C\CCCCCCCCCCCCCCCCCCCC(=O)NC(CO)C(O)CCCCCCCCCCCCCCCCCCCCCCCCC. The molecule has 0 heterocycles. The minimum absolute atomic E-state index is 0.0118. The van der Waals surface area contributed by atoms with E-state index in [9.17, 15) is 19.8 Å². The lowest BCUT2D eigenvalue weighted by molar-refractivity contribution is -0.143. The fraction of sp³-hybridized carbons (Fsp3) is 0.905. The summed E-state index contributed by atoms with van der Waals surface area (Å²) < 4.78 is 5.51. The second kappa shape index (κ2) is 79.5. The molecule has 2 atom stereocenters. The molecule has 2 unspecified atom stereocenters. The Hall–Kier alpha value is -1.92. The zero-order valence-corrected chi connectivity index (χ0v) is 61.1. The van der Waals surface area contributed by atoms with E-state index >= 15 is 0 Å². The van der Waals surface area contributed by atoms with E-state index in [1.165, 1.54) is 379 Å². The highest BCUT2D eigenvalue weighted by Crippen LogP contribution is 2.20. The quantitative estimate of drug-likeness (QED) is 0.0320. The summed E-state index contributed by atoms with van der Waals surface area (Å²) in [7, 11) is 0. The molecule has 0 aromatic rings. The standard InChI is InChI=1S/C84H161NO5/c1-3-5-7-9-11-13-15-17-19-21-22-23-35-38-41-45-48-52-56-60-64-68-72-76-82(87)81(80-86)85-83(88)77-73-69-65-61-57-53-49-46-42-39-36-33-31-29-27-25-24-26-28-30-32-34-37-40-43-47-51-55-59-63-67-71-75-79-90-84(89)78-74-70-66-62-58-54-50-44-20-18-16-14-12-10-8-6-4-2/h12,14,18,20,28,30,81-82,86-87H,3-11,13,15-17,19,21-27,29,31-80H2,1-2H3,(H,85,88)/b14-12-,20-18-,30-28-. The van der Waals surface area contributed by atoms with Crippen molar-refractivity contribution in [1.82, 2.24) is 5.32 Å². The first kappa shape index (κ1) is 88.1. The maximum Gasteiger partial charge on any atom is 0.305 e. The molecule has 0 aromatic carbocycles. The lowest BCUT2D eigenvalue weighted by atomic mass is 10.0. The lowest BCUT2D eigenvalue weighted by Gasteiger charge is -2.22. The summed E-state index contributed by atoms with van der Waals surface area (Å²) in [6, 6.07) is -0.541.